The Labute approximate surface area is 110 Å². The highest BCUT2D eigenvalue weighted by atomic mass is 32.2. The predicted octanol–water partition coefficient (Wildman–Crippen LogP) is 4.21. The van der Waals surface area contributed by atoms with E-state index in [2.05, 4.69) is 0 Å². The van der Waals surface area contributed by atoms with Crippen molar-refractivity contribution in [3.05, 3.63) is 29.8 Å². The van der Waals surface area contributed by atoms with E-state index in [4.69, 9.17) is 0 Å². The van der Waals surface area contributed by atoms with E-state index in [1.54, 1.807) is 0 Å². The zero-order chi connectivity index (χ0) is 13.0. The summed E-state index contributed by atoms with van der Waals surface area (Å²) in [5.41, 5.74) is 0. The van der Waals surface area contributed by atoms with Gasteiger partial charge in [0, 0.05) is 16.9 Å². The molecule has 0 unspecified atom stereocenters. The van der Waals surface area contributed by atoms with Crippen molar-refractivity contribution in [2.75, 3.05) is 5.75 Å². The van der Waals surface area contributed by atoms with Crippen LogP contribution in [0.15, 0.2) is 23.1 Å². The van der Waals surface area contributed by atoms with Crippen LogP contribution in [-0.2, 0) is 4.79 Å². The first-order valence-corrected chi connectivity index (χ1v) is 7.26. The van der Waals surface area contributed by atoms with E-state index in [9.17, 15) is 13.6 Å². The second-order valence-corrected chi connectivity index (χ2v) is 5.68. The Morgan fingerprint density at radius 2 is 1.94 bits per heavy atom. The van der Waals surface area contributed by atoms with E-state index in [1.165, 1.54) is 30.3 Å². The van der Waals surface area contributed by atoms with Gasteiger partial charge >= 0.3 is 0 Å². The van der Waals surface area contributed by atoms with Crippen LogP contribution in [0.4, 0.5) is 8.78 Å². The van der Waals surface area contributed by atoms with Gasteiger partial charge in [0.15, 0.2) is 0 Å². The van der Waals surface area contributed by atoms with Crippen molar-refractivity contribution in [2.45, 2.75) is 37.0 Å². The first-order valence-electron chi connectivity index (χ1n) is 6.27. The average molecular weight is 270 g/mol. The van der Waals surface area contributed by atoms with Gasteiger partial charge in [0.25, 0.3) is 0 Å². The number of carbonyl (C=O) groups excluding carboxylic acids is 1. The molecule has 1 aliphatic carbocycles. The molecule has 1 saturated carbocycles. The number of benzene rings is 1. The molecule has 0 bridgehead atoms. The van der Waals surface area contributed by atoms with Crippen molar-refractivity contribution < 1.29 is 13.6 Å². The summed E-state index contributed by atoms with van der Waals surface area (Å²) in [6.07, 6.45) is 5.37. The highest BCUT2D eigenvalue weighted by Crippen LogP contribution is 2.28. The lowest BCUT2D eigenvalue weighted by atomic mass is 9.87. The Morgan fingerprint density at radius 1 is 1.22 bits per heavy atom. The molecule has 98 valence electrons. The molecule has 1 aliphatic rings. The van der Waals surface area contributed by atoms with Gasteiger partial charge < -0.3 is 0 Å². The second-order valence-electron chi connectivity index (χ2n) is 4.66. The fraction of sp³-hybridized carbons (Fsp3) is 0.500. The van der Waals surface area contributed by atoms with Crippen LogP contribution >= 0.6 is 11.8 Å². The molecule has 0 saturated heterocycles. The highest BCUT2D eigenvalue weighted by molar-refractivity contribution is 8.00. The van der Waals surface area contributed by atoms with Gasteiger partial charge in [-0.25, -0.2) is 8.78 Å². The summed E-state index contributed by atoms with van der Waals surface area (Å²) in [7, 11) is 0. The van der Waals surface area contributed by atoms with Crippen molar-refractivity contribution in [3.63, 3.8) is 0 Å². The van der Waals surface area contributed by atoms with E-state index in [1.807, 2.05) is 0 Å². The van der Waals surface area contributed by atoms with E-state index in [-0.39, 0.29) is 17.5 Å². The SMILES string of the molecule is O=C(CSc1ccc(F)cc1F)C1CCCCC1. The molecule has 0 spiro atoms. The van der Waals surface area contributed by atoms with Crippen LogP contribution in [0.25, 0.3) is 0 Å². The molecule has 1 aromatic rings. The smallest absolute Gasteiger partial charge is 0.146 e. The number of ketones is 1. The molecular formula is C14H16F2OS. The van der Waals surface area contributed by atoms with E-state index in [0.29, 0.717) is 4.90 Å². The fourth-order valence-corrected chi connectivity index (χ4v) is 3.18. The van der Waals surface area contributed by atoms with Gasteiger partial charge in [0.1, 0.15) is 17.4 Å². The Bertz CT molecular complexity index is 428. The third-order valence-electron chi connectivity index (χ3n) is 3.32. The maximum absolute atomic E-state index is 13.4. The number of thioether (sulfide) groups is 1. The fourth-order valence-electron chi connectivity index (χ4n) is 2.28. The molecule has 1 nitrogen and oxygen atoms in total. The predicted molar refractivity (Wildman–Crippen MR) is 68.7 cm³/mol. The van der Waals surface area contributed by atoms with Crippen molar-refractivity contribution in [1.29, 1.82) is 0 Å². The molecule has 2 rings (SSSR count). The number of hydrogen-bond donors (Lipinski definition) is 0. The van der Waals surface area contributed by atoms with Crippen LogP contribution in [0, 0.1) is 17.6 Å². The number of halogens is 2. The first-order chi connectivity index (χ1) is 8.66. The zero-order valence-electron chi connectivity index (χ0n) is 10.1. The second kappa shape index (κ2) is 6.32. The summed E-state index contributed by atoms with van der Waals surface area (Å²) in [6, 6.07) is 3.47. The van der Waals surface area contributed by atoms with Gasteiger partial charge in [-0.1, -0.05) is 19.3 Å². The summed E-state index contributed by atoms with van der Waals surface area (Å²) in [6.45, 7) is 0. The third-order valence-corrected chi connectivity index (χ3v) is 4.40. The maximum atomic E-state index is 13.4. The molecule has 0 aromatic heterocycles. The Hall–Kier alpha value is -0.900. The number of Topliss-reactive ketones (excluding diaryl/α,β-unsaturated/α-hetero) is 1. The molecular weight excluding hydrogens is 254 g/mol. The minimum absolute atomic E-state index is 0.148. The van der Waals surface area contributed by atoms with Crippen LogP contribution in [0.2, 0.25) is 0 Å². The highest BCUT2D eigenvalue weighted by Gasteiger charge is 2.21. The summed E-state index contributed by atoms with van der Waals surface area (Å²) in [5, 5.41) is 0. The van der Waals surface area contributed by atoms with E-state index in [0.717, 1.165) is 31.7 Å². The van der Waals surface area contributed by atoms with Crippen molar-refractivity contribution >= 4 is 17.5 Å². The normalized spacial score (nSPS) is 16.8. The average Bonchev–Trinajstić information content (AvgIpc) is 2.38. The summed E-state index contributed by atoms with van der Waals surface area (Å²) >= 11 is 1.17. The van der Waals surface area contributed by atoms with Crippen molar-refractivity contribution in [1.82, 2.24) is 0 Å². The lowest BCUT2D eigenvalue weighted by Gasteiger charge is -2.19. The minimum atomic E-state index is -0.588. The van der Waals surface area contributed by atoms with Gasteiger partial charge in [-0.2, -0.15) is 0 Å². The molecule has 18 heavy (non-hydrogen) atoms. The van der Waals surface area contributed by atoms with Crippen LogP contribution in [-0.4, -0.2) is 11.5 Å². The van der Waals surface area contributed by atoms with Crippen LogP contribution in [0.3, 0.4) is 0 Å². The maximum Gasteiger partial charge on any atom is 0.146 e. The summed E-state index contributed by atoms with van der Waals surface area (Å²) in [4.78, 5) is 12.3. The Balaban J connectivity index is 1.88. The van der Waals surface area contributed by atoms with Crippen LogP contribution in [0.1, 0.15) is 32.1 Å². The Morgan fingerprint density at radius 3 is 2.61 bits per heavy atom. The monoisotopic (exact) mass is 270 g/mol. The topological polar surface area (TPSA) is 17.1 Å². The van der Waals surface area contributed by atoms with Crippen molar-refractivity contribution in [3.8, 4) is 0 Å². The molecule has 1 aromatic carbocycles. The lowest BCUT2D eigenvalue weighted by Crippen LogP contribution is -2.19. The Kier molecular flexibility index (Phi) is 4.75. The molecule has 1 fully saturated rings. The third kappa shape index (κ3) is 3.55. The van der Waals surface area contributed by atoms with Gasteiger partial charge in [0.05, 0.1) is 5.75 Å². The molecule has 0 atom stereocenters. The molecule has 0 N–H and O–H groups in total. The largest absolute Gasteiger partial charge is 0.298 e. The van der Waals surface area contributed by atoms with Crippen LogP contribution < -0.4 is 0 Å². The van der Waals surface area contributed by atoms with Gasteiger partial charge in [0.2, 0.25) is 0 Å². The van der Waals surface area contributed by atoms with Crippen LogP contribution in [0.5, 0.6) is 0 Å². The number of rotatable bonds is 4. The van der Waals surface area contributed by atoms with Gasteiger partial charge in [-0.3, -0.25) is 4.79 Å². The molecule has 4 heteroatoms. The minimum Gasteiger partial charge on any atom is -0.298 e. The molecule has 0 radical (unpaired) electrons. The van der Waals surface area contributed by atoms with Gasteiger partial charge in [-0.05, 0) is 25.0 Å². The molecule has 0 amide bonds. The summed E-state index contributed by atoms with van der Waals surface area (Å²) in [5.74, 6) is -0.544. The quantitative estimate of drug-likeness (QED) is 0.762. The number of hydrogen-bond acceptors (Lipinski definition) is 2. The standard InChI is InChI=1S/C14H16F2OS/c15-11-6-7-14(12(16)8-11)18-9-13(17)10-4-2-1-3-5-10/h6-8,10H,1-5,9H2. The first kappa shape index (κ1) is 13.5. The zero-order valence-corrected chi connectivity index (χ0v) is 10.9. The van der Waals surface area contributed by atoms with Gasteiger partial charge in [-0.15, -0.1) is 11.8 Å². The molecule has 0 aliphatic heterocycles. The number of carbonyl (C=O) groups is 1. The van der Waals surface area contributed by atoms with Crippen molar-refractivity contribution in [2.24, 2.45) is 5.92 Å². The summed E-state index contributed by atoms with van der Waals surface area (Å²) < 4.78 is 26.1. The van der Waals surface area contributed by atoms with E-state index < -0.39 is 11.6 Å². The molecule has 0 heterocycles. The lowest BCUT2D eigenvalue weighted by molar-refractivity contribution is -0.121. The van der Waals surface area contributed by atoms with E-state index >= 15 is 0 Å².